The molecule has 0 aliphatic carbocycles. The molecule has 0 aromatic heterocycles. The van der Waals surface area contributed by atoms with Crippen molar-refractivity contribution in [3.8, 4) is 11.5 Å². The molecule has 0 saturated carbocycles. The van der Waals surface area contributed by atoms with Crippen LogP contribution in [0.25, 0.3) is 0 Å². The van der Waals surface area contributed by atoms with E-state index in [2.05, 4.69) is 31.3 Å². The molecule has 1 saturated heterocycles. The summed E-state index contributed by atoms with van der Waals surface area (Å²) in [6.07, 6.45) is 3.73. The van der Waals surface area contributed by atoms with Gasteiger partial charge in [-0.15, -0.1) is 0 Å². The first-order valence-corrected chi connectivity index (χ1v) is 7.33. The minimum Gasteiger partial charge on any atom is -0.496 e. The number of fused-ring (bicyclic) bond motifs is 1. The zero-order valence-corrected chi connectivity index (χ0v) is 12.0. The molecule has 1 aromatic carbocycles. The Bertz CT molecular complexity index is 472. The van der Waals surface area contributed by atoms with E-state index in [9.17, 15) is 0 Å². The standard InChI is InChI=1S/C16H23NO2/c1-4-11-5-6-17-16(11)13-9-14-12(7-10(2)19-14)8-15(13)18-3/h8-11,16-17H,4-7H2,1-3H3. The highest BCUT2D eigenvalue weighted by Gasteiger charge is 2.31. The number of methoxy groups -OCH3 is 1. The summed E-state index contributed by atoms with van der Waals surface area (Å²) >= 11 is 0. The maximum absolute atomic E-state index is 5.89. The Morgan fingerprint density at radius 1 is 1.42 bits per heavy atom. The first-order valence-electron chi connectivity index (χ1n) is 7.33. The Kier molecular flexibility index (Phi) is 3.40. The fourth-order valence-electron chi connectivity index (χ4n) is 3.44. The van der Waals surface area contributed by atoms with Gasteiger partial charge in [-0.05, 0) is 37.9 Å². The summed E-state index contributed by atoms with van der Waals surface area (Å²) < 4.78 is 11.5. The topological polar surface area (TPSA) is 30.5 Å². The van der Waals surface area contributed by atoms with E-state index < -0.39 is 0 Å². The third-order valence-electron chi connectivity index (χ3n) is 4.46. The van der Waals surface area contributed by atoms with Gasteiger partial charge in [-0.2, -0.15) is 0 Å². The summed E-state index contributed by atoms with van der Waals surface area (Å²) in [5, 5.41) is 3.62. The molecule has 3 rings (SSSR count). The Morgan fingerprint density at radius 3 is 3.00 bits per heavy atom. The van der Waals surface area contributed by atoms with E-state index in [4.69, 9.17) is 9.47 Å². The van der Waals surface area contributed by atoms with E-state index in [-0.39, 0.29) is 6.10 Å². The summed E-state index contributed by atoms with van der Waals surface area (Å²) in [5.74, 6) is 2.76. The van der Waals surface area contributed by atoms with Crippen LogP contribution >= 0.6 is 0 Å². The number of hydrogen-bond donors (Lipinski definition) is 1. The highest BCUT2D eigenvalue weighted by molar-refractivity contribution is 5.50. The molecule has 3 heteroatoms. The molecule has 3 nitrogen and oxygen atoms in total. The van der Waals surface area contributed by atoms with Crippen molar-refractivity contribution in [1.82, 2.24) is 5.32 Å². The van der Waals surface area contributed by atoms with Gasteiger partial charge in [0.15, 0.2) is 0 Å². The van der Waals surface area contributed by atoms with Crippen LogP contribution in [0.15, 0.2) is 12.1 Å². The summed E-state index contributed by atoms with van der Waals surface area (Å²) in [7, 11) is 1.76. The molecular weight excluding hydrogens is 238 g/mol. The largest absolute Gasteiger partial charge is 0.496 e. The Morgan fingerprint density at radius 2 is 2.26 bits per heavy atom. The van der Waals surface area contributed by atoms with Crippen molar-refractivity contribution in [3.05, 3.63) is 23.3 Å². The second-order valence-corrected chi connectivity index (χ2v) is 5.72. The van der Waals surface area contributed by atoms with E-state index >= 15 is 0 Å². The summed E-state index contributed by atoms with van der Waals surface area (Å²) in [6, 6.07) is 4.77. The number of benzene rings is 1. The number of hydrogen-bond acceptors (Lipinski definition) is 3. The molecule has 2 aliphatic rings. The molecule has 2 heterocycles. The zero-order valence-electron chi connectivity index (χ0n) is 12.0. The van der Waals surface area contributed by atoms with Gasteiger partial charge in [-0.3, -0.25) is 0 Å². The molecule has 1 aromatic rings. The van der Waals surface area contributed by atoms with Crippen LogP contribution in [0.5, 0.6) is 11.5 Å². The van der Waals surface area contributed by atoms with Crippen molar-refractivity contribution in [1.29, 1.82) is 0 Å². The van der Waals surface area contributed by atoms with E-state index in [0.717, 1.165) is 24.5 Å². The first kappa shape index (κ1) is 12.8. The van der Waals surface area contributed by atoms with Crippen molar-refractivity contribution < 1.29 is 9.47 Å². The second kappa shape index (κ2) is 5.04. The van der Waals surface area contributed by atoms with Crippen molar-refractivity contribution >= 4 is 0 Å². The van der Waals surface area contributed by atoms with Crippen molar-refractivity contribution in [3.63, 3.8) is 0 Å². The van der Waals surface area contributed by atoms with Crippen LogP contribution in [0.1, 0.15) is 43.9 Å². The van der Waals surface area contributed by atoms with E-state index in [0.29, 0.717) is 12.0 Å². The molecule has 0 radical (unpaired) electrons. The summed E-state index contributed by atoms with van der Waals surface area (Å²) in [4.78, 5) is 0. The SMILES string of the molecule is CCC1CCNC1c1cc2c(cc1OC)CC(C)O2. The molecule has 3 unspecified atom stereocenters. The van der Waals surface area contributed by atoms with Gasteiger partial charge in [-0.1, -0.05) is 13.3 Å². The van der Waals surface area contributed by atoms with Crippen LogP contribution < -0.4 is 14.8 Å². The summed E-state index contributed by atoms with van der Waals surface area (Å²) in [6.45, 7) is 5.48. The maximum Gasteiger partial charge on any atom is 0.124 e. The smallest absolute Gasteiger partial charge is 0.124 e. The van der Waals surface area contributed by atoms with E-state index in [1.807, 2.05) is 0 Å². The molecule has 0 bridgehead atoms. The maximum atomic E-state index is 5.89. The average molecular weight is 261 g/mol. The second-order valence-electron chi connectivity index (χ2n) is 5.72. The van der Waals surface area contributed by atoms with Crippen LogP contribution in [-0.4, -0.2) is 19.8 Å². The van der Waals surface area contributed by atoms with Gasteiger partial charge in [0.1, 0.15) is 17.6 Å². The van der Waals surface area contributed by atoms with Gasteiger partial charge >= 0.3 is 0 Å². The van der Waals surface area contributed by atoms with E-state index in [1.54, 1.807) is 7.11 Å². The molecule has 2 aliphatic heterocycles. The lowest BCUT2D eigenvalue weighted by Crippen LogP contribution is -2.18. The molecule has 3 atom stereocenters. The van der Waals surface area contributed by atoms with Crippen LogP contribution in [0, 0.1) is 5.92 Å². The van der Waals surface area contributed by atoms with Crippen LogP contribution in [-0.2, 0) is 6.42 Å². The quantitative estimate of drug-likeness (QED) is 0.907. The molecule has 19 heavy (non-hydrogen) atoms. The predicted octanol–water partition coefficient (Wildman–Crippen LogP) is 3.08. The molecule has 1 N–H and O–H groups in total. The lowest BCUT2D eigenvalue weighted by atomic mass is 9.90. The molecule has 0 amide bonds. The first-order chi connectivity index (χ1) is 9.22. The van der Waals surface area contributed by atoms with Gasteiger partial charge in [0.2, 0.25) is 0 Å². The Balaban J connectivity index is 1.99. The Labute approximate surface area is 115 Å². The van der Waals surface area contributed by atoms with Crippen LogP contribution in [0.3, 0.4) is 0 Å². The van der Waals surface area contributed by atoms with Crippen molar-refractivity contribution in [2.75, 3.05) is 13.7 Å². The normalized spacial score (nSPS) is 29.1. The lowest BCUT2D eigenvalue weighted by Gasteiger charge is -2.21. The minimum atomic E-state index is 0.286. The minimum absolute atomic E-state index is 0.286. The fourth-order valence-corrected chi connectivity index (χ4v) is 3.44. The average Bonchev–Trinajstić information content (AvgIpc) is 3.00. The van der Waals surface area contributed by atoms with Crippen molar-refractivity contribution in [2.45, 2.75) is 45.3 Å². The van der Waals surface area contributed by atoms with Gasteiger partial charge in [0.05, 0.1) is 7.11 Å². The number of rotatable bonds is 3. The number of nitrogens with one attached hydrogen (secondary N) is 1. The summed E-state index contributed by atoms with van der Waals surface area (Å²) in [5.41, 5.74) is 2.54. The zero-order chi connectivity index (χ0) is 13.4. The van der Waals surface area contributed by atoms with Gasteiger partial charge in [0, 0.05) is 23.6 Å². The molecule has 1 fully saturated rings. The molecular formula is C16H23NO2. The Hall–Kier alpha value is -1.22. The lowest BCUT2D eigenvalue weighted by molar-refractivity contribution is 0.254. The third kappa shape index (κ3) is 2.20. The van der Waals surface area contributed by atoms with Gasteiger partial charge in [-0.25, -0.2) is 0 Å². The fraction of sp³-hybridized carbons (Fsp3) is 0.625. The highest BCUT2D eigenvalue weighted by atomic mass is 16.5. The van der Waals surface area contributed by atoms with Crippen LogP contribution in [0.2, 0.25) is 0 Å². The number of ether oxygens (including phenoxy) is 2. The van der Waals surface area contributed by atoms with Crippen molar-refractivity contribution in [2.24, 2.45) is 5.92 Å². The monoisotopic (exact) mass is 261 g/mol. The highest BCUT2D eigenvalue weighted by Crippen LogP contribution is 2.42. The molecule has 104 valence electrons. The molecule has 0 spiro atoms. The van der Waals surface area contributed by atoms with E-state index in [1.165, 1.54) is 24.0 Å². The van der Waals surface area contributed by atoms with Crippen LogP contribution in [0.4, 0.5) is 0 Å². The van der Waals surface area contributed by atoms with Gasteiger partial charge in [0.25, 0.3) is 0 Å². The van der Waals surface area contributed by atoms with Gasteiger partial charge < -0.3 is 14.8 Å². The third-order valence-corrected chi connectivity index (χ3v) is 4.46. The predicted molar refractivity (Wildman–Crippen MR) is 75.9 cm³/mol.